The van der Waals surface area contributed by atoms with Crippen molar-refractivity contribution in [2.75, 3.05) is 6.61 Å². The molecule has 1 aromatic carbocycles. The van der Waals surface area contributed by atoms with Gasteiger partial charge in [-0.3, -0.25) is 4.79 Å². The number of alkyl carbamates (subject to hydrolysis) is 1. The maximum Gasteiger partial charge on any atom is 0.408 e. The molecule has 192 valence electrons. The van der Waals surface area contributed by atoms with Gasteiger partial charge in [0, 0.05) is 17.4 Å². The van der Waals surface area contributed by atoms with E-state index in [-0.39, 0.29) is 17.2 Å². The van der Waals surface area contributed by atoms with Crippen LogP contribution in [-0.4, -0.2) is 36.1 Å². The molecule has 1 atom stereocenters. The summed E-state index contributed by atoms with van der Waals surface area (Å²) in [4.78, 5) is 29.2. The molecule has 1 spiro atoms. The summed E-state index contributed by atoms with van der Waals surface area (Å²) < 4.78 is 17.1. The Labute approximate surface area is 207 Å². The van der Waals surface area contributed by atoms with Crippen LogP contribution in [0.3, 0.4) is 0 Å². The van der Waals surface area contributed by atoms with E-state index in [0.29, 0.717) is 31.0 Å². The molecule has 0 saturated heterocycles. The lowest BCUT2D eigenvalue weighted by Crippen LogP contribution is -2.49. The van der Waals surface area contributed by atoms with Crippen molar-refractivity contribution >= 4 is 17.8 Å². The fraction of sp³-hybridized carbons (Fsp3) is 0.577. The molecule has 0 bridgehead atoms. The van der Waals surface area contributed by atoms with E-state index in [9.17, 15) is 9.59 Å². The highest BCUT2D eigenvalue weighted by Crippen LogP contribution is 2.59. The van der Waals surface area contributed by atoms with Crippen LogP contribution in [0.25, 0.3) is 0 Å². The van der Waals surface area contributed by atoms with E-state index in [1.807, 2.05) is 26.0 Å². The lowest BCUT2D eigenvalue weighted by molar-refractivity contribution is -0.121. The largest absolute Gasteiger partial charge is 0.492 e. The monoisotopic (exact) mass is 486 g/mol. The summed E-state index contributed by atoms with van der Waals surface area (Å²) in [5.74, 6) is 1.74. The molecular weight excluding hydrogens is 448 g/mol. The number of aryl methyl sites for hydroxylation is 1. The number of nitrogens with zero attached hydrogens (tertiary/aromatic N) is 1. The molecule has 35 heavy (non-hydrogen) atoms. The average molecular weight is 487 g/mol. The first-order valence-corrected chi connectivity index (χ1v) is 12.3. The van der Waals surface area contributed by atoms with Crippen molar-refractivity contribution in [3.63, 3.8) is 0 Å². The Kier molecular flexibility index (Phi) is 7.97. The summed E-state index contributed by atoms with van der Waals surface area (Å²) in [6.07, 6.45) is 4.58. The van der Waals surface area contributed by atoms with Gasteiger partial charge in [0.2, 0.25) is 11.8 Å². The number of hydrogen-bond acceptors (Lipinski definition) is 7. The van der Waals surface area contributed by atoms with Gasteiger partial charge in [-0.05, 0) is 65.0 Å². The van der Waals surface area contributed by atoms with E-state index in [2.05, 4.69) is 15.6 Å². The highest BCUT2D eigenvalue weighted by Gasteiger charge is 2.53. The fourth-order valence-corrected chi connectivity index (χ4v) is 3.99. The molecule has 0 radical (unpaired) electrons. The van der Waals surface area contributed by atoms with Crippen LogP contribution in [-0.2, 0) is 14.9 Å². The highest BCUT2D eigenvalue weighted by molar-refractivity contribution is 6.01. The maximum absolute atomic E-state index is 12.8. The SMILES string of the molecule is CCCC(=N/C=C(\N)Oc1ccc(C)c2c1C1(CC1)CO2)NC(=O)[C@H](CC)NC(=O)OC(C)(C)C. The predicted octanol–water partition coefficient (Wildman–Crippen LogP) is 4.17. The Morgan fingerprint density at radius 1 is 1.29 bits per heavy atom. The number of amidine groups is 1. The first-order valence-electron chi connectivity index (χ1n) is 12.3. The Balaban J connectivity index is 1.68. The molecule has 1 saturated carbocycles. The van der Waals surface area contributed by atoms with E-state index in [1.54, 1.807) is 27.7 Å². The van der Waals surface area contributed by atoms with Gasteiger partial charge in [-0.25, -0.2) is 9.79 Å². The zero-order chi connectivity index (χ0) is 25.8. The number of nitrogens with two attached hydrogens (primary N) is 1. The Morgan fingerprint density at radius 2 is 2.00 bits per heavy atom. The molecule has 0 unspecified atom stereocenters. The lowest BCUT2D eigenvalue weighted by Gasteiger charge is -2.22. The van der Waals surface area contributed by atoms with Crippen molar-refractivity contribution < 1.29 is 23.8 Å². The number of carbonyl (C=O) groups is 2. The third kappa shape index (κ3) is 6.68. The summed E-state index contributed by atoms with van der Waals surface area (Å²) in [5.41, 5.74) is 7.68. The summed E-state index contributed by atoms with van der Waals surface area (Å²) in [6.45, 7) is 11.8. The number of hydrogen-bond donors (Lipinski definition) is 3. The molecule has 0 aromatic heterocycles. The molecule has 1 aliphatic heterocycles. The zero-order valence-corrected chi connectivity index (χ0v) is 21.6. The first-order chi connectivity index (χ1) is 16.5. The highest BCUT2D eigenvalue weighted by atomic mass is 16.6. The molecule has 1 aromatic rings. The molecule has 9 heteroatoms. The van der Waals surface area contributed by atoms with Gasteiger partial charge in [0.1, 0.15) is 29.0 Å². The van der Waals surface area contributed by atoms with Crippen LogP contribution >= 0.6 is 0 Å². The van der Waals surface area contributed by atoms with Gasteiger partial charge >= 0.3 is 6.09 Å². The van der Waals surface area contributed by atoms with Crippen LogP contribution < -0.4 is 25.8 Å². The molecule has 2 aliphatic rings. The number of carbonyl (C=O) groups excluding carboxylic acids is 2. The number of ether oxygens (including phenoxy) is 3. The van der Waals surface area contributed by atoms with Gasteiger partial charge in [0.15, 0.2) is 0 Å². The van der Waals surface area contributed by atoms with Crippen LogP contribution in [0.2, 0.25) is 0 Å². The quantitative estimate of drug-likeness (QED) is 0.288. The smallest absolute Gasteiger partial charge is 0.408 e. The van der Waals surface area contributed by atoms with Gasteiger partial charge in [-0.1, -0.05) is 19.9 Å². The zero-order valence-electron chi connectivity index (χ0n) is 21.6. The number of benzene rings is 1. The second-order valence-electron chi connectivity index (χ2n) is 10.2. The molecule has 1 aliphatic carbocycles. The standard InChI is InChI=1S/C26H38N4O5/c1-7-9-20(30-23(31)17(8-2)29-24(32)35-25(4,5)6)28-14-19(27)34-18-11-10-16(3)22-21(18)26(12-13-26)15-33-22/h10-11,14,17H,7-9,12-13,15,27H2,1-6H3,(H,29,32)(H,28,30,31)/b19-14+/t17-/m0/s1. The topological polar surface area (TPSA) is 124 Å². The number of nitrogens with one attached hydrogen (secondary N) is 2. The number of aliphatic imine (C=N–C) groups is 1. The summed E-state index contributed by atoms with van der Waals surface area (Å²) in [5, 5.41) is 5.40. The van der Waals surface area contributed by atoms with Gasteiger partial charge in [-0.15, -0.1) is 0 Å². The normalized spacial score (nSPS) is 17.3. The fourth-order valence-electron chi connectivity index (χ4n) is 3.99. The molecule has 3 rings (SSSR count). The van der Waals surface area contributed by atoms with Crippen molar-refractivity contribution in [3.05, 3.63) is 35.3 Å². The van der Waals surface area contributed by atoms with E-state index in [0.717, 1.165) is 36.1 Å². The Hall–Kier alpha value is -3.23. The first kappa shape index (κ1) is 26.4. The van der Waals surface area contributed by atoms with Crippen LogP contribution in [0.5, 0.6) is 11.5 Å². The van der Waals surface area contributed by atoms with Crippen LogP contribution in [0.4, 0.5) is 4.79 Å². The van der Waals surface area contributed by atoms with Crippen LogP contribution in [0.1, 0.15) is 77.8 Å². The van der Waals surface area contributed by atoms with Crippen LogP contribution in [0.15, 0.2) is 29.2 Å². The van der Waals surface area contributed by atoms with Crippen molar-refractivity contribution in [1.29, 1.82) is 0 Å². The van der Waals surface area contributed by atoms with Gasteiger partial charge < -0.3 is 30.6 Å². The lowest BCUT2D eigenvalue weighted by atomic mass is 9.95. The van der Waals surface area contributed by atoms with E-state index in [1.165, 1.54) is 6.20 Å². The Morgan fingerprint density at radius 3 is 2.60 bits per heavy atom. The number of fused-ring (bicyclic) bond motifs is 2. The van der Waals surface area contributed by atoms with Crippen molar-refractivity contribution in [2.45, 2.75) is 90.7 Å². The maximum atomic E-state index is 12.8. The second-order valence-corrected chi connectivity index (χ2v) is 10.2. The predicted molar refractivity (Wildman–Crippen MR) is 134 cm³/mol. The minimum atomic E-state index is -0.755. The summed E-state index contributed by atoms with van der Waals surface area (Å²) in [6, 6.07) is 3.11. The van der Waals surface area contributed by atoms with Crippen molar-refractivity contribution in [1.82, 2.24) is 10.6 Å². The minimum absolute atomic E-state index is 0.0396. The van der Waals surface area contributed by atoms with Gasteiger partial charge in [-0.2, -0.15) is 0 Å². The third-order valence-corrected chi connectivity index (χ3v) is 5.94. The molecule has 1 heterocycles. The number of rotatable bonds is 8. The second kappa shape index (κ2) is 10.6. The summed E-state index contributed by atoms with van der Waals surface area (Å²) >= 11 is 0. The molecule has 1 fully saturated rings. The molecule has 4 N–H and O–H groups in total. The summed E-state index contributed by atoms with van der Waals surface area (Å²) in [7, 11) is 0. The molecular formula is C26H38N4O5. The Bertz CT molecular complexity index is 1020. The van der Waals surface area contributed by atoms with E-state index >= 15 is 0 Å². The van der Waals surface area contributed by atoms with Crippen molar-refractivity contribution in [3.8, 4) is 11.5 Å². The van der Waals surface area contributed by atoms with E-state index < -0.39 is 17.7 Å². The molecule has 2 amide bonds. The third-order valence-electron chi connectivity index (χ3n) is 5.94. The minimum Gasteiger partial charge on any atom is -0.492 e. The molecule has 9 nitrogen and oxygen atoms in total. The van der Waals surface area contributed by atoms with Gasteiger partial charge in [0.25, 0.3) is 0 Å². The number of amides is 2. The van der Waals surface area contributed by atoms with Crippen molar-refractivity contribution in [2.24, 2.45) is 10.7 Å². The average Bonchev–Trinajstić information content (AvgIpc) is 3.44. The van der Waals surface area contributed by atoms with Crippen LogP contribution in [0, 0.1) is 6.92 Å². The van der Waals surface area contributed by atoms with E-state index in [4.69, 9.17) is 19.9 Å². The van der Waals surface area contributed by atoms with Gasteiger partial charge in [0.05, 0.1) is 12.8 Å².